The van der Waals surface area contributed by atoms with Crippen LogP contribution in [-0.2, 0) is 22.4 Å². The third kappa shape index (κ3) is 23.4. The minimum absolute atomic E-state index is 0. The molecular weight excluding hydrogens is 769 g/mol. The van der Waals surface area contributed by atoms with Gasteiger partial charge in [-0.15, -0.1) is 0 Å². The lowest BCUT2D eigenvalue weighted by atomic mass is 9.97. The molecule has 4 atom stereocenters. The van der Waals surface area contributed by atoms with Crippen LogP contribution in [0.25, 0.3) is 0 Å². The van der Waals surface area contributed by atoms with Gasteiger partial charge in [-0.2, -0.15) is 54.0 Å². The lowest BCUT2D eigenvalue weighted by Gasteiger charge is -2.25. The maximum Gasteiger partial charge on any atom is 0.303 e. The van der Waals surface area contributed by atoms with Crippen molar-refractivity contribution in [2.24, 2.45) is 5.73 Å². The average molecular weight is 835 g/mol. The highest BCUT2D eigenvalue weighted by molar-refractivity contribution is 7.59. The number of phenols is 2. The smallest absolute Gasteiger partial charge is 0.303 e. The van der Waals surface area contributed by atoms with Gasteiger partial charge in [0.25, 0.3) is 0 Å². The Hall–Kier alpha value is -3.30. The van der Waals surface area contributed by atoms with E-state index in [-0.39, 0.29) is 89.9 Å². The molecule has 4 aromatic carbocycles. The van der Waals surface area contributed by atoms with Crippen LogP contribution in [0.15, 0.2) is 109 Å². The van der Waals surface area contributed by atoms with Crippen LogP contribution in [-0.4, -0.2) is 90.4 Å². The minimum atomic E-state index is -0.744. The van der Waals surface area contributed by atoms with E-state index in [1.165, 1.54) is 11.1 Å². The Morgan fingerprint density at radius 1 is 0.600 bits per heavy atom. The van der Waals surface area contributed by atoms with Crippen LogP contribution in [0.2, 0.25) is 0 Å². The molecule has 0 aromatic heterocycles. The number of nitrogens with two attached hydrogens (primary N) is 1. The van der Waals surface area contributed by atoms with Crippen LogP contribution < -0.4 is 11.1 Å². The summed E-state index contributed by atoms with van der Waals surface area (Å²) in [4.78, 5) is 26.9. The first-order valence-corrected chi connectivity index (χ1v) is 17.5. The molecule has 6 N–H and O–H groups in total. The number of phenolic OH excluding ortho intramolecular Hbond substituents is 2. The van der Waals surface area contributed by atoms with E-state index >= 15 is 0 Å². The Kier molecular flexibility index (Phi) is 31.4. The summed E-state index contributed by atoms with van der Waals surface area (Å²) in [5.74, 6) is 0.219. The predicted octanol–water partition coefficient (Wildman–Crippen LogP) is 6.71. The van der Waals surface area contributed by atoms with E-state index in [4.69, 9.17) is 15.9 Å². The molecule has 0 aliphatic carbocycles. The highest BCUT2D eigenvalue weighted by atomic mass is 32.1. The van der Waals surface area contributed by atoms with Gasteiger partial charge >= 0.3 is 5.97 Å². The third-order valence-corrected chi connectivity index (χ3v) is 8.79. The number of aliphatic carboxylic acids is 1. The van der Waals surface area contributed by atoms with Crippen molar-refractivity contribution in [2.45, 2.75) is 63.5 Å². The number of hydrogen-bond acceptors (Lipinski definition) is 7. The molecule has 0 heterocycles. The van der Waals surface area contributed by atoms with Crippen molar-refractivity contribution in [1.29, 1.82) is 0 Å². The molecule has 0 unspecified atom stereocenters. The summed E-state index contributed by atoms with van der Waals surface area (Å²) in [5.41, 5.74) is 10.3. The fourth-order valence-electron chi connectivity index (χ4n) is 5.36. The molecule has 13 heteroatoms. The molecular formula is C42H66N4O5S4. The molecule has 0 saturated heterocycles. The molecule has 4 aromatic rings. The van der Waals surface area contributed by atoms with Gasteiger partial charge in [-0.3, -0.25) is 9.59 Å². The summed E-state index contributed by atoms with van der Waals surface area (Å²) >= 11 is 0. The molecule has 0 aliphatic heterocycles. The summed E-state index contributed by atoms with van der Waals surface area (Å²) in [6, 6.07) is 34.9. The zero-order valence-corrected chi connectivity index (χ0v) is 37.1. The van der Waals surface area contributed by atoms with Gasteiger partial charge < -0.3 is 36.2 Å². The predicted molar refractivity (Wildman–Crippen MR) is 249 cm³/mol. The lowest BCUT2D eigenvalue weighted by molar-refractivity contribution is -0.137. The normalized spacial score (nSPS) is 12.2. The standard InChI is InChI=1S/C21H28N2O2.C11H18N2O.C10H12O2.4H2S/c1-16(18-7-5-4-6-8-18)13-21(25)22-15-19(23(2)3)14-17-9-11-20(24)12-10-17;1-13(2)10(8-12)7-9-3-5-11(14)6-4-9;1-8(7-10(11)12)9-5-3-2-4-6-9;;;;/h4-12,16,19,24H,13-15H2,1-3H3,(H,22,25);3-6,10,14H,7-8,12H2,1-2H3;2-6,8H,7H2,1H3,(H,11,12);4*1H2/t16-,19-;10-;8-;;;;/m000..../s1. The first kappa shape index (κ1) is 56.0. The number of carboxylic acid groups (broad SMARTS) is 1. The van der Waals surface area contributed by atoms with Crippen molar-refractivity contribution < 1.29 is 24.9 Å². The summed E-state index contributed by atoms with van der Waals surface area (Å²) < 4.78 is 0. The van der Waals surface area contributed by atoms with Crippen molar-refractivity contribution in [3.8, 4) is 11.5 Å². The molecule has 308 valence electrons. The van der Waals surface area contributed by atoms with Crippen molar-refractivity contribution in [3.63, 3.8) is 0 Å². The van der Waals surface area contributed by atoms with Gasteiger partial charge in [-0.25, -0.2) is 0 Å². The Bertz CT molecular complexity index is 1550. The fourth-order valence-corrected chi connectivity index (χ4v) is 5.36. The number of benzene rings is 4. The number of amides is 1. The minimum Gasteiger partial charge on any atom is -0.508 e. The first-order chi connectivity index (χ1) is 24.3. The topological polar surface area (TPSA) is 139 Å². The van der Waals surface area contributed by atoms with E-state index in [9.17, 15) is 14.7 Å². The highest BCUT2D eigenvalue weighted by Crippen LogP contribution is 2.19. The van der Waals surface area contributed by atoms with Crippen molar-refractivity contribution in [2.75, 3.05) is 41.3 Å². The van der Waals surface area contributed by atoms with Gasteiger partial charge in [0.2, 0.25) is 5.91 Å². The molecule has 0 aliphatic rings. The van der Waals surface area contributed by atoms with Crippen LogP contribution in [0, 0.1) is 0 Å². The van der Waals surface area contributed by atoms with Crippen LogP contribution in [0.5, 0.6) is 11.5 Å². The maximum absolute atomic E-state index is 12.3. The monoisotopic (exact) mass is 834 g/mol. The Balaban J connectivity index is -0.000000773. The van der Waals surface area contributed by atoms with Gasteiger partial charge in [0.1, 0.15) is 11.5 Å². The zero-order chi connectivity index (χ0) is 37.8. The number of hydrogen-bond donors (Lipinski definition) is 5. The van der Waals surface area contributed by atoms with Gasteiger partial charge in [0.15, 0.2) is 0 Å². The molecule has 4 rings (SSSR count). The van der Waals surface area contributed by atoms with Crippen molar-refractivity contribution in [1.82, 2.24) is 15.1 Å². The number of carbonyl (C=O) groups excluding carboxylic acids is 1. The van der Waals surface area contributed by atoms with Crippen molar-refractivity contribution in [3.05, 3.63) is 131 Å². The second kappa shape index (κ2) is 30.9. The van der Waals surface area contributed by atoms with Gasteiger partial charge in [0, 0.05) is 31.6 Å². The number of carboxylic acids is 1. The van der Waals surface area contributed by atoms with Crippen LogP contribution in [0.4, 0.5) is 0 Å². The summed E-state index contributed by atoms with van der Waals surface area (Å²) in [6.45, 7) is 5.25. The largest absolute Gasteiger partial charge is 0.508 e. The van der Waals surface area contributed by atoms with E-state index in [1.54, 1.807) is 24.3 Å². The Labute approximate surface area is 357 Å². The molecule has 0 bridgehead atoms. The van der Waals surface area contributed by atoms with Crippen molar-refractivity contribution >= 4 is 65.9 Å². The molecule has 9 nitrogen and oxygen atoms in total. The first-order valence-electron chi connectivity index (χ1n) is 17.5. The molecule has 0 radical (unpaired) electrons. The number of carbonyl (C=O) groups is 2. The molecule has 0 fully saturated rings. The summed E-state index contributed by atoms with van der Waals surface area (Å²) in [7, 11) is 8.09. The number of aromatic hydroxyl groups is 2. The second-order valence-corrected chi connectivity index (χ2v) is 13.4. The van der Waals surface area contributed by atoms with E-state index in [0.717, 1.165) is 24.0 Å². The lowest BCUT2D eigenvalue weighted by Crippen LogP contribution is -2.41. The number of nitrogens with zero attached hydrogens (tertiary/aromatic N) is 2. The van der Waals surface area contributed by atoms with Gasteiger partial charge in [0.05, 0.1) is 6.42 Å². The van der Waals surface area contributed by atoms with Gasteiger partial charge in [-0.05, 0) is 99.4 Å². The quantitative estimate of drug-likeness (QED) is 0.0891. The highest BCUT2D eigenvalue weighted by Gasteiger charge is 2.16. The third-order valence-electron chi connectivity index (χ3n) is 8.79. The number of likely N-dealkylation sites (N-methyl/N-ethyl adjacent to an activating group) is 2. The van der Waals surface area contributed by atoms with Crippen LogP contribution in [0.1, 0.15) is 60.8 Å². The summed E-state index contributed by atoms with van der Waals surface area (Å²) in [5, 5.41) is 30.1. The van der Waals surface area contributed by atoms with E-state index in [1.807, 2.05) is 108 Å². The number of nitrogens with one attached hydrogen (secondary N) is 1. The van der Waals surface area contributed by atoms with E-state index in [0.29, 0.717) is 31.3 Å². The molecule has 0 spiro atoms. The van der Waals surface area contributed by atoms with Crippen LogP contribution >= 0.6 is 54.0 Å². The number of rotatable bonds is 15. The van der Waals surface area contributed by atoms with E-state index < -0.39 is 5.97 Å². The SMILES string of the molecule is CN(C)[C@H](CN)Cc1ccc(O)cc1.C[C@@H](CC(=O)NC[C@H](Cc1ccc(O)cc1)N(C)C)c1ccccc1.C[C@@H](CC(=O)O)c1ccccc1.S.S.S.S. The molecule has 55 heavy (non-hydrogen) atoms. The van der Waals surface area contributed by atoms with E-state index in [2.05, 4.69) is 34.2 Å². The molecule has 0 saturated carbocycles. The Morgan fingerprint density at radius 3 is 1.31 bits per heavy atom. The average Bonchev–Trinajstić information content (AvgIpc) is 3.11. The van der Waals surface area contributed by atoms with Gasteiger partial charge in [-0.1, -0.05) is 98.8 Å². The molecule has 1 amide bonds. The zero-order valence-electron chi connectivity index (χ0n) is 33.1. The second-order valence-electron chi connectivity index (χ2n) is 13.4. The Morgan fingerprint density at radius 2 is 0.964 bits per heavy atom. The summed E-state index contributed by atoms with van der Waals surface area (Å²) in [6.07, 6.45) is 2.43. The maximum atomic E-state index is 12.3. The van der Waals surface area contributed by atoms with Crippen LogP contribution in [0.3, 0.4) is 0 Å². The fraction of sp³-hybridized carbons (Fsp3) is 0.381.